The first-order valence-corrected chi connectivity index (χ1v) is 5.31. The van der Waals surface area contributed by atoms with Gasteiger partial charge in [0.1, 0.15) is 5.82 Å². The van der Waals surface area contributed by atoms with Gasteiger partial charge in [0.25, 0.3) is 0 Å². The van der Waals surface area contributed by atoms with Crippen molar-refractivity contribution in [2.24, 2.45) is 5.92 Å². The van der Waals surface area contributed by atoms with Gasteiger partial charge in [0.2, 0.25) is 5.91 Å². The summed E-state index contributed by atoms with van der Waals surface area (Å²) < 4.78 is 12.9. The van der Waals surface area contributed by atoms with Crippen LogP contribution < -0.4 is 0 Å². The van der Waals surface area contributed by atoms with Crippen molar-refractivity contribution in [1.29, 1.82) is 0 Å². The van der Waals surface area contributed by atoms with Crippen LogP contribution in [-0.2, 0) is 16.1 Å². The molecule has 0 saturated carbocycles. The van der Waals surface area contributed by atoms with Crippen LogP contribution in [0.4, 0.5) is 4.39 Å². The molecule has 1 aliphatic heterocycles. The molecule has 98 valence electrons. The molecule has 1 unspecified atom stereocenters. The van der Waals surface area contributed by atoms with Gasteiger partial charge in [0.05, 0.1) is 5.92 Å². The molecule has 2 rings (SSSR count). The molecule has 0 spiro atoms. The molecular weight excluding hydrogens is 701 g/mol. The maximum absolute atomic E-state index is 12.9. The van der Waals surface area contributed by atoms with Crippen LogP contribution in [0.3, 0.4) is 0 Å². The van der Waals surface area contributed by atoms with Crippen LogP contribution in [0.25, 0.3) is 0 Å². The second-order valence-electron chi connectivity index (χ2n) is 4.14. The van der Waals surface area contributed by atoms with E-state index in [0.717, 1.165) is 0 Å². The molecule has 1 aliphatic rings. The van der Waals surface area contributed by atoms with Crippen LogP contribution in [0.2, 0.25) is 0 Å². The molecule has 19 heavy (non-hydrogen) atoms. The van der Waals surface area contributed by atoms with Gasteiger partial charge in [-0.25, -0.2) is 4.39 Å². The number of likely N-dealkylation sites (tertiary alicyclic amines) is 1. The number of aliphatic carboxylic acids is 1. The second kappa shape index (κ2) is 8.47. The van der Waals surface area contributed by atoms with Gasteiger partial charge >= 0.3 is 5.97 Å². The van der Waals surface area contributed by atoms with Crippen molar-refractivity contribution in [2.45, 2.75) is 13.0 Å². The fraction of sp³-hybridized carbons (Fsp3) is 0.333. The number of carboxylic acid groups (broad SMARTS) is 1. The normalized spacial score (nSPS) is 17.6. The van der Waals surface area contributed by atoms with E-state index >= 15 is 0 Å². The molecule has 0 aliphatic carbocycles. The van der Waals surface area contributed by atoms with Crippen LogP contribution in [0, 0.1) is 74.0 Å². The molecule has 0 radical (unpaired) electrons. The Labute approximate surface area is 157 Å². The first-order valence-electron chi connectivity index (χ1n) is 5.31. The quantitative estimate of drug-likeness (QED) is 0.514. The monoisotopic (exact) mass is 713 g/mol. The molecule has 1 aromatic rings. The zero-order valence-corrected chi connectivity index (χ0v) is 18.4. The number of carboxylic acids is 1. The van der Waals surface area contributed by atoms with Gasteiger partial charge in [-0.15, -0.1) is 0 Å². The summed E-state index contributed by atoms with van der Waals surface area (Å²) in [5.41, 5.74) is 0.671. The predicted octanol–water partition coefficient (Wildman–Crippen LogP) is 1.26. The summed E-state index contributed by atoms with van der Waals surface area (Å²) in [5.74, 6) is -2.15. The fourth-order valence-electron chi connectivity index (χ4n) is 1.95. The molecule has 1 atom stereocenters. The third-order valence-electron chi connectivity index (χ3n) is 2.83. The van der Waals surface area contributed by atoms with Crippen LogP contribution in [-0.4, -0.2) is 28.4 Å². The molecule has 4 nitrogen and oxygen atoms in total. The first kappa shape index (κ1) is 19.2. The van der Waals surface area contributed by atoms with Crippen molar-refractivity contribution < 1.29 is 81.3 Å². The van der Waals surface area contributed by atoms with Gasteiger partial charge in [-0.1, -0.05) is 12.1 Å². The Morgan fingerprint density at radius 3 is 2.63 bits per heavy atom. The van der Waals surface area contributed by atoms with Crippen molar-refractivity contribution in [1.82, 2.24) is 4.90 Å². The number of rotatable bonds is 3. The van der Waals surface area contributed by atoms with Gasteiger partial charge in [-0.05, 0) is 17.7 Å². The summed E-state index contributed by atoms with van der Waals surface area (Å²) in [6.45, 7) is 0.463. The van der Waals surface area contributed by atoms with Crippen LogP contribution in [0.15, 0.2) is 24.3 Å². The molecule has 1 N–H and O–H groups in total. The molecular formula is C12H12FNO3U2. The van der Waals surface area contributed by atoms with Gasteiger partial charge in [-0.3, -0.25) is 9.59 Å². The number of hydrogen-bond acceptors (Lipinski definition) is 2. The van der Waals surface area contributed by atoms with Gasteiger partial charge in [0.15, 0.2) is 0 Å². The average Bonchev–Trinajstić information content (AvgIpc) is 2.61. The molecule has 1 saturated heterocycles. The summed E-state index contributed by atoms with van der Waals surface area (Å²) in [6, 6.07) is 5.96. The minimum atomic E-state index is -0.958. The van der Waals surface area contributed by atoms with Crippen molar-refractivity contribution in [3.05, 3.63) is 35.6 Å². The number of benzene rings is 1. The van der Waals surface area contributed by atoms with Gasteiger partial charge in [0, 0.05) is 81.7 Å². The maximum atomic E-state index is 12.9. The third-order valence-corrected chi connectivity index (χ3v) is 2.83. The zero-order valence-electron chi connectivity index (χ0n) is 10.1. The summed E-state index contributed by atoms with van der Waals surface area (Å²) in [5, 5.41) is 8.82. The molecule has 1 amide bonds. The summed E-state index contributed by atoms with van der Waals surface area (Å²) >= 11 is 0. The number of carbonyl (C=O) groups is 2. The topological polar surface area (TPSA) is 57.6 Å². The van der Waals surface area contributed by atoms with Crippen LogP contribution in [0.5, 0.6) is 0 Å². The number of hydrogen-bond donors (Lipinski definition) is 1. The van der Waals surface area contributed by atoms with E-state index in [2.05, 4.69) is 0 Å². The molecule has 1 aromatic carbocycles. The smallest absolute Gasteiger partial charge is 0.308 e. The standard InChI is InChI=1S/C12H12FNO3.2U/c13-10-3-1-2-8(4-10)6-14-7-9(12(16)17)5-11(14)15;;/h1-4,9H,5-7H2,(H,16,17);;. The van der Waals surface area contributed by atoms with Crippen LogP contribution >= 0.6 is 0 Å². The first-order chi connectivity index (χ1) is 8.06. The van der Waals surface area contributed by atoms with E-state index in [1.54, 1.807) is 12.1 Å². The van der Waals surface area contributed by atoms with Crippen molar-refractivity contribution >= 4 is 11.9 Å². The molecule has 0 aromatic heterocycles. The predicted molar refractivity (Wildman–Crippen MR) is 57.6 cm³/mol. The Bertz CT molecular complexity index is 470. The van der Waals surface area contributed by atoms with E-state index in [0.29, 0.717) is 5.56 Å². The minimum absolute atomic E-state index is 0. The summed E-state index contributed by atoms with van der Waals surface area (Å²) in [7, 11) is 0. The van der Waals surface area contributed by atoms with E-state index in [4.69, 9.17) is 5.11 Å². The Hall–Kier alpha value is 0.194. The van der Waals surface area contributed by atoms with Gasteiger partial charge < -0.3 is 10.0 Å². The fourth-order valence-corrected chi connectivity index (χ4v) is 1.95. The van der Waals surface area contributed by atoms with E-state index in [1.807, 2.05) is 0 Å². The Balaban J connectivity index is 0.00000162. The van der Waals surface area contributed by atoms with E-state index in [9.17, 15) is 14.0 Å². The maximum Gasteiger partial charge on any atom is 0.308 e. The van der Waals surface area contributed by atoms with Crippen molar-refractivity contribution in [3.8, 4) is 0 Å². The Morgan fingerprint density at radius 2 is 2.11 bits per heavy atom. The molecule has 1 heterocycles. The number of nitrogens with zero attached hydrogens (tertiary/aromatic N) is 1. The largest absolute Gasteiger partial charge is 0.481 e. The van der Waals surface area contributed by atoms with Crippen molar-refractivity contribution in [3.63, 3.8) is 0 Å². The Morgan fingerprint density at radius 1 is 1.42 bits per heavy atom. The zero-order chi connectivity index (χ0) is 12.4. The van der Waals surface area contributed by atoms with E-state index < -0.39 is 11.9 Å². The van der Waals surface area contributed by atoms with Crippen LogP contribution in [0.1, 0.15) is 12.0 Å². The Kier molecular flexibility index (Phi) is 8.56. The van der Waals surface area contributed by atoms with Crippen molar-refractivity contribution in [2.75, 3.05) is 6.54 Å². The molecule has 7 heteroatoms. The number of halogens is 1. The second-order valence-corrected chi connectivity index (χ2v) is 4.14. The third kappa shape index (κ3) is 5.23. The number of amides is 1. The summed E-state index contributed by atoms with van der Waals surface area (Å²) in [4.78, 5) is 23.8. The SMILES string of the molecule is O=C(O)C1CC(=O)N(Cc2cccc(F)c2)C1.[U].[U]. The molecule has 0 bridgehead atoms. The average molecular weight is 713 g/mol. The van der Waals surface area contributed by atoms with E-state index in [1.165, 1.54) is 17.0 Å². The number of carbonyl (C=O) groups excluding carboxylic acids is 1. The molecule has 1 fully saturated rings. The van der Waals surface area contributed by atoms with E-state index in [-0.39, 0.29) is 93.5 Å². The van der Waals surface area contributed by atoms with Gasteiger partial charge in [-0.2, -0.15) is 0 Å². The minimum Gasteiger partial charge on any atom is -0.481 e. The summed E-state index contributed by atoms with van der Waals surface area (Å²) in [6.07, 6.45) is 0.0324.